The van der Waals surface area contributed by atoms with Crippen molar-refractivity contribution in [2.75, 3.05) is 13.2 Å². The zero-order valence-electron chi connectivity index (χ0n) is 16.0. The van der Waals surface area contributed by atoms with Crippen molar-refractivity contribution in [1.29, 1.82) is 5.26 Å². The van der Waals surface area contributed by atoms with E-state index in [1.165, 1.54) is 24.0 Å². The monoisotopic (exact) mass is 398 g/mol. The third-order valence-corrected chi connectivity index (χ3v) is 4.56. The van der Waals surface area contributed by atoms with E-state index in [9.17, 15) is 22.8 Å². The standard InChI is InChI=1S/C19H21F3N2O4/c1-5-27-17(26)11(2)24-10-18(3,4)15(16(24)25)28-13-7-6-12(9-23)14(8-13)19(20,21)22/h6-8,11,15H,5,10H2,1-4H3. The number of hydrogen-bond donors (Lipinski definition) is 0. The van der Waals surface area contributed by atoms with E-state index in [1.54, 1.807) is 20.8 Å². The second-order valence-corrected chi connectivity index (χ2v) is 7.20. The maximum atomic E-state index is 13.2. The molecule has 0 spiro atoms. The third-order valence-electron chi connectivity index (χ3n) is 4.56. The van der Waals surface area contributed by atoms with E-state index in [2.05, 4.69) is 0 Å². The molecule has 1 aliphatic heterocycles. The fourth-order valence-corrected chi connectivity index (χ4v) is 3.08. The normalized spacial score (nSPS) is 19.9. The molecule has 1 aliphatic rings. The molecule has 0 aromatic heterocycles. The fraction of sp³-hybridized carbons (Fsp3) is 0.526. The van der Waals surface area contributed by atoms with Gasteiger partial charge in [0.2, 0.25) is 0 Å². The van der Waals surface area contributed by atoms with E-state index in [1.807, 2.05) is 0 Å². The van der Waals surface area contributed by atoms with Crippen LogP contribution in [0.2, 0.25) is 0 Å². The first kappa shape index (κ1) is 21.5. The molecule has 2 rings (SSSR count). The predicted molar refractivity (Wildman–Crippen MR) is 92.2 cm³/mol. The lowest BCUT2D eigenvalue weighted by molar-refractivity contribution is -0.153. The molecule has 0 N–H and O–H groups in total. The summed E-state index contributed by atoms with van der Waals surface area (Å²) < 4.78 is 50.0. The lowest BCUT2D eigenvalue weighted by Gasteiger charge is -2.25. The Bertz CT molecular complexity index is 814. The Morgan fingerprint density at radius 1 is 1.43 bits per heavy atom. The molecule has 1 fully saturated rings. The van der Waals surface area contributed by atoms with Crippen LogP contribution in [0.1, 0.15) is 38.8 Å². The fourth-order valence-electron chi connectivity index (χ4n) is 3.08. The van der Waals surface area contributed by atoms with Crippen LogP contribution in [0, 0.1) is 16.7 Å². The van der Waals surface area contributed by atoms with Gasteiger partial charge in [-0.15, -0.1) is 0 Å². The van der Waals surface area contributed by atoms with Crippen molar-refractivity contribution in [1.82, 2.24) is 4.90 Å². The van der Waals surface area contributed by atoms with E-state index >= 15 is 0 Å². The van der Waals surface area contributed by atoms with Gasteiger partial charge in [-0.3, -0.25) is 4.79 Å². The van der Waals surface area contributed by atoms with Crippen LogP contribution in [0.4, 0.5) is 13.2 Å². The van der Waals surface area contributed by atoms with Gasteiger partial charge in [0.1, 0.15) is 11.8 Å². The van der Waals surface area contributed by atoms with Crippen LogP contribution in [0.5, 0.6) is 5.75 Å². The lowest BCUT2D eigenvalue weighted by Crippen LogP contribution is -2.43. The maximum Gasteiger partial charge on any atom is 0.417 e. The summed E-state index contributed by atoms with van der Waals surface area (Å²) in [6.45, 7) is 6.97. The first-order valence-electron chi connectivity index (χ1n) is 8.67. The molecule has 2 unspecified atom stereocenters. The van der Waals surface area contributed by atoms with Gasteiger partial charge in [0.25, 0.3) is 5.91 Å². The topological polar surface area (TPSA) is 79.6 Å². The van der Waals surface area contributed by atoms with Crippen LogP contribution in [-0.2, 0) is 20.5 Å². The summed E-state index contributed by atoms with van der Waals surface area (Å²) in [6, 6.07) is 3.58. The zero-order chi connectivity index (χ0) is 21.3. The molecule has 0 radical (unpaired) electrons. The van der Waals surface area contributed by atoms with Crippen molar-refractivity contribution in [3.05, 3.63) is 29.3 Å². The molecule has 0 aliphatic carbocycles. The Morgan fingerprint density at radius 2 is 2.07 bits per heavy atom. The molecule has 1 aromatic carbocycles. The highest BCUT2D eigenvalue weighted by Crippen LogP contribution is 2.38. The highest BCUT2D eigenvalue weighted by atomic mass is 19.4. The molecule has 6 nitrogen and oxygen atoms in total. The van der Waals surface area contributed by atoms with E-state index < -0.39 is 46.7 Å². The van der Waals surface area contributed by atoms with E-state index in [4.69, 9.17) is 14.7 Å². The summed E-state index contributed by atoms with van der Waals surface area (Å²) in [5, 5.41) is 8.88. The molecule has 1 amide bonds. The molecule has 1 aromatic rings. The van der Waals surface area contributed by atoms with Crippen molar-refractivity contribution in [2.24, 2.45) is 5.41 Å². The van der Waals surface area contributed by atoms with Gasteiger partial charge in [-0.1, -0.05) is 13.8 Å². The number of nitriles is 1. The molecular formula is C19H21F3N2O4. The minimum absolute atomic E-state index is 0.167. The molecule has 2 atom stereocenters. The van der Waals surface area contributed by atoms with Crippen LogP contribution < -0.4 is 4.74 Å². The van der Waals surface area contributed by atoms with Gasteiger partial charge >= 0.3 is 12.1 Å². The average molecular weight is 398 g/mol. The molecule has 1 saturated heterocycles. The molecule has 0 bridgehead atoms. The lowest BCUT2D eigenvalue weighted by atomic mass is 9.89. The van der Waals surface area contributed by atoms with Crippen molar-refractivity contribution in [2.45, 2.75) is 46.0 Å². The largest absolute Gasteiger partial charge is 0.480 e. The molecule has 28 heavy (non-hydrogen) atoms. The van der Waals surface area contributed by atoms with Gasteiger partial charge in [0.05, 0.1) is 23.8 Å². The number of alkyl halides is 3. The molecular weight excluding hydrogens is 377 g/mol. The van der Waals surface area contributed by atoms with Crippen LogP contribution in [-0.4, -0.2) is 42.1 Å². The number of nitrogens with zero attached hydrogens (tertiary/aromatic N) is 2. The number of esters is 1. The van der Waals surface area contributed by atoms with Crippen LogP contribution in [0.25, 0.3) is 0 Å². The summed E-state index contributed by atoms with van der Waals surface area (Å²) in [5.74, 6) is -1.25. The van der Waals surface area contributed by atoms with Gasteiger partial charge < -0.3 is 14.4 Å². The first-order valence-corrected chi connectivity index (χ1v) is 8.67. The first-order chi connectivity index (χ1) is 12.9. The summed E-state index contributed by atoms with van der Waals surface area (Å²) >= 11 is 0. The number of amides is 1. The SMILES string of the molecule is CCOC(=O)C(C)N1CC(C)(C)C(Oc2ccc(C#N)c(C(F)(F)F)c2)C1=O. The number of likely N-dealkylation sites (tertiary alicyclic amines) is 1. The van der Waals surface area contributed by atoms with Crippen molar-refractivity contribution in [3.8, 4) is 11.8 Å². The van der Waals surface area contributed by atoms with Crippen molar-refractivity contribution in [3.63, 3.8) is 0 Å². The average Bonchev–Trinajstić information content (AvgIpc) is 2.84. The molecule has 9 heteroatoms. The number of hydrogen-bond acceptors (Lipinski definition) is 5. The predicted octanol–water partition coefficient (Wildman–Crippen LogP) is 3.14. The van der Waals surface area contributed by atoms with Gasteiger partial charge in [0, 0.05) is 12.0 Å². The highest BCUT2D eigenvalue weighted by Gasteiger charge is 2.51. The number of ether oxygens (including phenoxy) is 2. The van der Waals surface area contributed by atoms with Gasteiger partial charge in [-0.25, -0.2) is 4.79 Å². The second kappa shape index (κ2) is 7.70. The quantitative estimate of drug-likeness (QED) is 0.712. The number of rotatable bonds is 5. The van der Waals surface area contributed by atoms with E-state index in [0.29, 0.717) is 6.07 Å². The molecule has 0 saturated carbocycles. The molecule has 1 heterocycles. The Kier molecular flexibility index (Phi) is 5.92. The van der Waals surface area contributed by atoms with E-state index in [0.717, 1.165) is 6.07 Å². The Morgan fingerprint density at radius 3 is 2.61 bits per heavy atom. The minimum Gasteiger partial charge on any atom is -0.480 e. The summed E-state index contributed by atoms with van der Waals surface area (Å²) in [5.41, 5.74) is -2.42. The van der Waals surface area contributed by atoms with Crippen LogP contribution in [0.3, 0.4) is 0 Å². The third kappa shape index (κ3) is 4.21. The van der Waals surface area contributed by atoms with E-state index in [-0.39, 0.29) is 18.9 Å². The van der Waals surface area contributed by atoms with Gasteiger partial charge in [0.15, 0.2) is 6.10 Å². The highest BCUT2D eigenvalue weighted by molar-refractivity contribution is 5.89. The minimum atomic E-state index is -4.73. The van der Waals surface area contributed by atoms with Gasteiger partial charge in [-0.2, -0.15) is 18.4 Å². The summed E-state index contributed by atoms with van der Waals surface area (Å²) in [6.07, 6.45) is -5.82. The Labute approximate surface area is 160 Å². The molecule has 152 valence electrons. The Balaban J connectivity index is 2.30. The van der Waals surface area contributed by atoms with Crippen LogP contribution in [0.15, 0.2) is 18.2 Å². The van der Waals surface area contributed by atoms with Crippen molar-refractivity contribution < 1.29 is 32.2 Å². The number of halogens is 3. The second-order valence-electron chi connectivity index (χ2n) is 7.20. The van der Waals surface area contributed by atoms with Crippen LogP contribution >= 0.6 is 0 Å². The zero-order valence-corrected chi connectivity index (χ0v) is 16.0. The van der Waals surface area contributed by atoms with Crippen molar-refractivity contribution >= 4 is 11.9 Å². The maximum absolute atomic E-state index is 13.2. The summed E-state index contributed by atoms with van der Waals surface area (Å²) in [4.78, 5) is 26.1. The van der Waals surface area contributed by atoms with Gasteiger partial charge in [-0.05, 0) is 32.0 Å². The number of benzene rings is 1. The summed E-state index contributed by atoms with van der Waals surface area (Å²) in [7, 11) is 0. The number of carbonyl (C=O) groups is 2. The smallest absolute Gasteiger partial charge is 0.417 e. The Hall–Kier alpha value is -2.76. The number of carbonyl (C=O) groups excluding carboxylic acids is 2.